The van der Waals surface area contributed by atoms with Crippen molar-refractivity contribution in [2.75, 3.05) is 12.5 Å². The van der Waals surface area contributed by atoms with Gasteiger partial charge in [-0.05, 0) is 26.3 Å². The van der Waals surface area contributed by atoms with Crippen LogP contribution in [0.4, 0.5) is 0 Å². The van der Waals surface area contributed by atoms with Crippen LogP contribution in [-0.4, -0.2) is 17.5 Å². The molecule has 1 aromatic rings. The molecule has 0 aliphatic heterocycles. The Bertz CT molecular complexity index is 276. The number of hydrogen-bond donors (Lipinski definition) is 0. The number of alkyl halides is 1. The highest BCUT2D eigenvalue weighted by atomic mass is 35.5. The zero-order chi connectivity index (χ0) is 9.68. The summed E-state index contributed by atoms with van der Waals surface area (Å²) in [6.07, 6.45) is 2.56. The molecule has 13 heavy (non-hydrogen) atoms. The van der Waals surface area contributed by atoms with Crippen molar-refractivity contribution in [1.29, 1.82) is 0 Å². The second-order valence-electron chi connectivity index (χ2n) is 2.77. The Morgan fingerprint density at radius 1 is 1.62 bits per heavy atom. The number of nitrogens with zero attached hydrogens (tertiary/aromatic N) is 1. The van der Waals surface area contributed by atoms with Crippen LogP contribution in [0.5, 0.6) is 5.75 Å². The molecule has 0 aliphatic rings. The molecule has 0 N–H and O–H groups in total. The number of hydrogen-bond acceptors (Lipinski definition) is 2. The first-order valence-corrected chi connectivity index (χ1v) is 4.75. The minimum atomic E-state index is 0.626. The van der Waals surface area contributed by atoms with Crippen molar-refractivity contribution in [3.8, 4) is 5.75 Å². The SMILES string of the molecule is [CH2]c1nccc(OCCCCl)c1C. The van der Waals surface area contributed by atoms with Crippen LogP contribution in [-0.2, 0) is 0 Å². The molecule has 0 bridgehead atoms. The standard InChI is InChI=1S/C10H13ClNO/c1-8-9(2)12-6-4-10(8)13-7-3-5-11/h4,6H,2-3,5,7H2,1H3. The van der Waals surface area contributed by atoms with E-state index < -0.39 is 0 Å². The molecule has 1 aromatic heterocycles. The predicted molar refractivity (Wildman–Crippen MR) is 54.3 cm³/mol. The van der Waals surface area contributed by atoms with Crippen molar-refractivity contribution < 1.29 is 4.74 Å². The fourth-order valence-electron chi connectivity index (χ4n) is 0.952. The molecule has 1 rings (SSSR count). The molecule has 71 valence electrons. The van der Waals surface area contributed by atoms with Crippen molar-refractivity contribution in [2.24, 2.45) is 0 Å². The van der Waals surface area contributed by atoms with E-state index in [0.717, 1.165) is 23.4 Å². The first-order valence-electron chi connectivity index (χ1n) is 4.22. The lowest BCUT2D eigenvalue weighted by molar-refractivity contribution is 0.315. The molecule has 0 saturated carbocycles. The van der Waals surface area contributed by atoms with E-state index in [4.69, 9.17) is 16.3 Å². The zero-order valence-corrected chi connectivity index (χ0v) is 8.47. The molecule has 0 amide bonds. The lowest BCUT2D eigenvalue weighted by atomic mass is 10.2. The van der Waals surface area contributed by atoms with Gasteiger partial charge >= 0.3 is 0 Å². The van der Waals surface area contributed by atoms with Crippen LogP contribution in [0.1, 0.15) is 17.7 Å². The van der Waals surface area contributed by atoms with Crippen LogP contribution in [0.3, 0.4) is 0 Å². The van der Waals surface area contributed by atoms with Crippen LogP contribution in [0.2, 0.25) is 0 Å². The minimum Gasteiger partial charge on any atom is -0.493 e. The summed E-state index contributed by atoms with van der Waals surface area (Å²) in [6.45, 7) is 6.39. The highest BCUT2D eigenvalue weighted by Crippen LogP contribution is 2.18. The smallest absolute Gasteiger partial charge is 0.125 e. The van der Waals surface area contributed by atoms with Gasteiger partial charge in [-0.2, -0.15) is 0 Å². The summed E-state index contributed by atoms with van der Waals surface area (Å²) in [5.74, 6) is 1.48. The highest BCUT2D eigenvalue weighted by Gasteiger charge is 2.01. The molecule has 0 atom stereocenters. The number of ether oxygens (including phenoxy) is 1. The van der Waals surface area contributed by atoms with Gasteiger partial charge in [-0.1, -0.05) is 0 Å². The predicted octanol–water partition coefficient (Wildman–Crippen LogP) is 2.58. The third kappa shape index (κ3) is 2.88. The average molecular weight is 199 g/mol. The monoisotopic (exact) mass is 198 g/mol. The number of halogens is 1. The van der Waals surface area contributed by atoms with E-state index in [1.54, 1.807) is 6.20 Å². The molecule has 2 nitrogen and oxygen atoms in total. The van der Waals surface area contributed by atoms with Crippen LogP contribution in [0, 0.1) is 13.8 Å². The van der Waals surface area contributed by atoms with E-state index in [1.807, 2.05) is 13.0 Å². The van der Waals surface area contributed by atoms with Gasteiger partial charge in [-0.3, -0.25) is 4.98 Å². The summed E-state index contributed by atoms with van der Waals surface area (Å²) in [5.41, 5.74) is 1.76. The largest absolute Gasteiger partial charge is 0.493 e. The normalized spacial score (nSPS) is 10.1. The van der Waals surface area contributed by atoms with E-state index in [0.29, 0.717) is 12.5 Å². The Hall–Kier alpha value is -0.760. The van der Waals surface area contributed by atoms with Gasteiger partial charge in [-0.15, -0.1) is 11.6 Å². The highest BCUT2D eigenvalue weighted by molar-refractivity contribution is 6.17. The summed E-state index contributed by atoms with van der Waals surface area (Å²) in [5, 5.41) is 0. The summed E-state index contributed by atoms with van der Waals surface area (Å²) in [7, 11) is 0. The van der Waals surface area contributed by atoms with E-state index in [2.05, 4.69) is 11.9 Å². The Morgan fingerprint density at radius 2 is 2.38 bits per heavy atom. The fourth-order valence-corrected chi connectivity index (χ4v) is 1.06. The Morgan fingerprint density at radius 3 is 3.08 bits per heavy atom. The van der Waals surface area contributed by atoms with Gasteiger partial charge in [0.2, 0.25) is 0 Å². The van der Waals surface area contributed by atoms with Crippen LogP contribution in [0.15, 0.2) is 12.3 Å². The van der Waals surface area contributed by atoms with E-state index >= 15 is 0 Å². The molecule has 0 aromatic carbocycles. The second kappa shape index (κ2) is 5.07. The number of pyridine rings is 1. The van der Waals surface area contributed by atoms with Gasteiger partial charge in [0.15, 0.2) is 0 Å². The summed E-state index contributed by atoms with van der Waals surface area (Å²) < 4.78 is 5.49. The first-order chi connectivity index (χ1) is 6.25. The fraction of sp³-hybridized carbons (Fsp3) is 0.400. The number of aromatic nitrogens is 1. The van der Waals surface area contributed by atoms with Gasteiger partial charge in [0.05, 0.1) is 6.61 Å². The number of rotatable bonds is 4. The second-order valence-corrected chi connectivity index (χ2v) is 3.15. The minimum absolute atomic E-state index is 0.626. The van der Waals surface area contributed by atoms with Gasteiger partial charge in [0.25, 0.3) is 0 Å². The van der Waals surface area contributed by atoms with Crippen molar-refractivity contribution >= 4 is 11.6 Å². The van der Waals surface area contributed by atoms with Gasteiger partial charge in [0, 0.05) is 23.3 Å². The first kappa shape index (κ1) is 10.3. The molecule has 0 aliphatic carbocycles. The Kier molecular flexibility index (Phi) is 4.03. The van der Waals surface area contributed by atoms with E-state index in [-0.39, 0.29) is 0 Å². The quantitative estimate of drug-likeness (QED) is 0.548. The molecule has 0 fully saturated rings. The summed E-state index contributed by atoms with van der Waals surface area (Å²) in [4.78, 5) is 4.05. The molecule has 1 heterocycles. The van der Waals surface area contributed by atoms with Gasteiger partial charge < -0.3 is 4.74 Å². The molecular weight excluding hydrogens is 186 g/mol. The van der Waals surface area contributed by atoms with Crippen molar-refractivity contribution in [3.05, 3.63) is 30.4 Å². The third-order valence-corrected chi connectivity index (χ3v) is 2.06. The maximum Gasteiger partial charge on any atom is 0.125 e. The van der Waals surface area contributed by atoms with Gasteiger partial charge in [0.1, 0.15) is 5.75 Å². The van der Waals surface area contributed by atoms with Crippen LogP contribution in [0.25, 0.3) is 0 Å². The molecule has 1 radical (unpaired) electrons. The molecule has 0 saturated heterocycles. The van der Waals surface area contributed by atoms with Crippen molar-refractivity contribution in [3.63, 3.8) is 0 Å². The molecular formula is C10H13ClNO. The van der Waals surface area contributed by atoms with Gasteiger partial charge in [-0.25, -0.2) is 0 Å². The van der Waals surface area contributed by atoms with Crippen LogP contribution < -0.4 is 4.74 Å². The Balaban J connectivity index is 2.61. The van der Waals surface area contributed by atoms with Crippen LogP contribution >= 0.6 is 11.6 Å². The zero-order valence-electron chi connectivity index (χ0n) is 7.72. The maximum atomic E-state index is 5.53. The molecule has 0 unspecified atom stereocenters. The lowest BCUT2D eigenvalue weighted by Crippen LogP contribution is -2.00. The van der Waals surface area contributed by atoms with Crippen molar-refractivity contribution in [2.45, 2.75) is 13.3 Å². The molecule has 3 heteroatoms. The third-order valence-electron chi connectivity index (χ3n) is 1.79. The maximum absolute atomic E-state index is 5.53. The topological polar surface area (TPSA) is 22.1 Å². The average Bonchev–Trinajstić information content (AvgIpc) is 2.13. The Labute approximate surface area is 83.9 Å². The van der Waals surface area contributed by atoms with Crippen molar-refractivity contribution in [1.82, 2.24) is 4.98 Å². The van der Waals surface area contributed by atoms with E-state index in [9.17, 15) is 0 Å². The molecule has 0 spiro atoms. The van der Waals surface area contributed by atoms with E-state index in [1.165, 1.54) is 0 Å². The summed E-state index contributed by atoms with van der Waals surface area (Å²) >= 11 is 5.53. The summed E-state index contributed by atoms with van der Waals surface area (Å²) in [6, 6.07) is 1.85. The lowest BCUT2D eigenvalue weighted by Gasteiger charge is -2.08.